The van der Waals surface area contributed by atoms with Crippen LogP contribution < -0.4 is 0 Å². The molecule has 0 aliphatic heterocycles. The van der Waals surface area contributed by atoms with Gasteiger partial charge in [0.15, 0.2) is 5.78 Å². The first-order valence-electron chi connectivity index (χ1n) is 5.70. The van der Waals surface area contributed by atoms with Gasteiger partial charge in [-0.2, -0.15) is 0 Å². The summed E-state index contributed by atoms with van der Waals surface area (Å²) in [4.78, 5) is 12.8. The van der Waals surface area contributed by atoms with E-state index in [0.717, 1.165) is 6.54 Å². The molecule has 4 heteroatoms. The van der Waals surface area contributed by atoms with Crippen LogP contribution in [0.15, 0.2) is 0 Å². The van der Waals surface area contributed by atoms with E-state index in [1.807, 2.05) is 0 Å². The summed E-state index contributed by atoms with van der Waals surface area (Å²) >= 11 is 0. The van der Waals surface area contributed by atoms with Crippen molar-refractivity contribution in [3.63, 3.8) is 0 Å². The van der Waals surface area contributed by atoms with E-state index in [-0.39, 0.29) is 17.9 Å². The summed E-state index contributed by atoms with van der Waals surface area (Å²) in [6.45, 7) is 10.8. The predicted molar refractivity (Wildman–Crippen MR) is 64.7 cm³/mol. The van der Waals surface area contributed by atoms with Gasteiger partial charge in [-0.1, -0.05) is 0 Å². The number of ether oxygens (including phenoxy) is 2. The maximum atomic E-state index is 10.6. The molecule has 0 spiro atoms. The number of carbonyl (C=O) groups is 1. The third-order valence-electron chi connectivity index (χ3n) is 2.39. The lowest BCUT2D eigenvalue weighted by Crippen LogP contribution is -2.40. The number of rotatable bonds is 8. The smallest absolute Gasteiger partial charge is 0.155 e. The van der Waals surface area contributed by atoms with Crippen molar-refractivity contribution in [3.8, 4) is 0 Å². The molecule has 0 aliphatic carbocycles. The maximum Gasteiger partial charge on any atom is 0.155 e. The summed E-state index contributed by atoms with van der Waals surface area (Å²) < 4.78 is 10.5. The lowest BCUT2D eigenvalue weighted by molar-refractivity contribution is -0.122. The highest BCUT2D eigenvalue weighted by molar-refractivity contribution is 5.76. The van der Waals surface area contributed by atoms with Crippen LogP contribution in [-0.4, -0.2) is 56.2 Å². The molecule has 0 N–H and O–H groups in total. The first-order chi connectivity index (χ1) is 7.34. The average molecular weight is 231 g/mol. The minimum absolute atomic E-state index is 0.0486. The average Bonchev–Trinajstić information content (AvgIpc) is 2.14. The normalized spacial score (nSPS) is 12.1. The minimum atomic E-state index is 0.0486. The van der Waals surface area contributed by atoms with Crippen LogP contribution in [0.1, 0.15) is 27.7 Å². The third kappa shape index (κ3) is 8.83. The van der Waals surface area contributed by atoms with Gasteiger partial charge in [-0.05, 0) is 34.7 Å². The van der Waals surface area contributed by atoms with Gasteiger partial charge in [0.05, 0.1) is 19.8 Å². The van der Waals surface area contributed by atoms with Crippen LogP contribution in [0.4, 0.5) is 0 Å². The number of nitrogens with zero attached hydrogens (tertiary/aromatic N) is 1. The van der Waals surface area contributed by atoms with Crippen molar-refractivity contribution in [2.45, 2.75) is 33.2 Å². The van der Waals surface area contributed by atoms with Crippen LogP contribution in [0.25, 0.3) is 0 Å². The van der Waals surface area contributed by atoms with Crippen LogP contribution in [0, 0.1) is 0 Å². The molecule has 0 saturated heterocycles. The lowest BCUT2D eigenvalue weighted by Gasteiger charge is -2.31. The fourth-order valence-corrected chi connectivity index (χ4v) is 0.973. The van der Waals surface area contributed by atoms with Gasteiger partial charge in [0.2, 0.25) is 0 Å². The van der Waals surface area contributed by atoms with Gasteiger partial charge >= 0.3 is 0 Å². The maximum absolute atomic E-state index is 10.6. The van der Waals surface area contributed by atoms with Crippen molar-refractivity contribution < 1.29 is 14.3 Å². The molecule has 96 valence electrons. The Morgan fingerprint density at radius 2 is 1.69 bits per heavy atom. The number of ketones is 1. The van der Waals surface area contributed by atoms with Gasteiger partial charge in [0, 0.05) is 12.1 Å². The third-order valence-corrected chi connectivity index (χ3v) is 2.39. The molecule has 0 rings (SSSR count). The summed E-state index contributed by atoms with van der Waals surface area (Å²) in [6.07, 6.45) is 0. The highest BCUT2D eigenvalue weighted by Crippen LogP contribution is 2.08. The highest BCUT2D eigenvalue weighted by atomic mass is 16.5. The van der Waals surface area contributed by atoms with Crippen molar-refractivity contribution >= 4 is 5.78 Å². The molecule has 0 saturated carbocycles. The Hall–Kier alpha value is -0.450. The van der Waals surface area contributed by atoms with Crippen molar-refractivity contribution in [3.05, 3.63) is 0 Å². The molecule has 0 fully saturated rings. The quantitative estimate of drug-likeness (QED) is 0.591. The largest absolute Gasteiger partial charge is 0.378 e. The molecular formula is C12H25NO3. The summed E-state index contributed by atoms with van der Waals surface area (Å²) in [5.41, 5.74) is 0.175. The molecular weight excluding hydrogens is 206 g/mol. The Bertz CT molecular complexity index is 199. The van der Waals surface area contributed by atoms with Crippen molar-refractivity contribution in [1.82, 2.24) is 4.90 Å². The van der Waals surface area contributed by atoms with Crippen molar-refractivity contribution in [1.29, 1.82) is 0 Å². The predicted octanol–water partition coefficient (Wildman–Crippen LogP) is 1.34. The minimum Gasteiger partial charge on any atom is -0.378 e. The molecule has 0 radical (unpaired) electrons. The lowest BCUT2D eigenvalue weighted by atomic mass is 10.1. The summed E-state index contributed by atoms with van der Waals surface area (Å²) in [6, 6.07) is 0. The zero-order chi connectivity index (χ0) is 12.6. The van der Waals surface area contributed by atoms with Gasteiger partial charge in [-0.3, -0.25) is 9.69 Å². The molecule has 0 aromatic carbocycles. The fraction of sp³-hybridized carbons (Fsp3) is 0.917. The van der Waals surface area contributed by atoms with Crippen LogP contribution in [0.5, 0.6) is 0 Å². The second-order valence-corrected chi connectivity index (χ2v) is 4.96. The molecule has 0 atom stereocenters. The van der Waals surface area contributed by atoms with E-state index < -0.39 is 0 Å². The topological polar surface area (TPSA) is 38.8 Å². The standard InChI is InChI=1S/C12H25NO3/c1-11(14)10-16-9-8-15-7-6-13(5)12(2,3)4/h6-10H2,1-5H3. The van der Waals surface area contributed by atoms with Crippen molar-refractivity contribution in [2.24, 2.45) is 0 Å². The Morgan fingerprint density at radius 1 is 1.12 bits per heavy atom. The SMILES string of the molecule is CC(=O)COCCOCCN(C)C(C)(C)C. The molecule has 4 nitrogen and oxygen atoms in total. The zero-order valence-electron chi connectivity index (χ0n) is 11.2. The summed E-state index contributed by atoms with van der Waals surface area (Å²) in [5.74, 6) is 0.0486. The first kappa shape index (κ1) is 15.6. The van der Waals surface area contributed by atoms with Gasteiger partial charge in [0.1, 0.15) is 6.61 Å². The second-order valence-electron chi connectivity index (χ2n) is 4.96. The molecule has 0 heterocycles. The molecule has 0 aliphatic rings. The Morgan fingerprint density at radius 3 is 2.19 bits per heavy atom. The van der Waals surface area contributed by atoms with E-state index in [1.165, 1.54) is 6.92 Å². The van der Waals surface area contributed by atoms with E-state index in [1.54, 1.807) is 0 Å². The van der Waals surface area contributed by atoms with E-state index in [9.17, 15) is 4.79 Å². The van der Waals surface area contributed by atoms with E-state index in [2.05, 4.69) is 32.7 Å². The molecule has 0 bridgehead atoms. The molecule has 0 unspecified atom stereocenters. The molecule has 0 amide bonds. The first-order valence-corrected chi connectivity index (χ1v) is 5.70. The number of carbonyl (C=O) groups excluding carboxylic acids is 1. The summed E-state index contributed by atoms with van der Waals surface area (Å²) in [7, 11) is 2.08. The van der Waals surface area contributed by atoms with Crippen LogP contribution in [-0.2, 0) is 14.3 Å². The Balaban J connectivity index is 3.31. The van der Waals surface area contributed by atoms with E-state index in [0.29, 0.717) is 19.8 Å². The van der Waals surface area contributed by atoms with Crippen LogP contribution >= 0.6 is 0 Å². The van der Waals surface area contributed by atoms with Gasteiger partial charge in [-0.15, -0.1) is 0 Å². The Labute approximate surface area is 98.9 Å². The molecule has 16 heavy (non-hydrogen) atoms. The molecule has 0 aromatic rings. The van der Waals surface area contributed by atoms with Crippen molar-refractivity contribution in [2.75, 3.05) is 40.0 Å². The zero-order valence-corrected chi connectivity index (χ0v) is 11.2. The highest BCUT2D eigenvalue weighted by Gasteiger charge is 2.15. The van der Waals surface area contributed by atoms with Crippen LogP contribution in [0.2, 0.25) is 0 Å². The summed E-state index contributed by atoms with van der Waals surface area (Å²) in [5, 5.41) is 0. The van der Waals surface area contributed by atoms with Gasteiger partial charge in [0.25, 0.3) is 0 Å². The Kier molecular flexibility index (Phi) is 7.55. The van der Waals surface area contributed by atoms with Gasteiger partial charge in [-0.25, -0.2) is 0 Å². The van der Waals surface area contributed by atoms with Crippen LogP contribution in [0.3, 0.4) is 0 Å². The van der Waals surface area contributed by atoms with E-state index >= 15 is 0 Å². The molecule has 0 aromatic heterocycles. The number of hydrogen-bond donors (Lipinski definition) is 0. The fourth-order valence-electron chi connectivity index (χ4n) is 0.973. The monoisotopic (exact) mass is 231 g/mol. The van der Waals surface area contributed by atoms with E-state index in [4.69, 9.17) is 9.47 Å². The van der Waals surface area contributed by atoms with Gasteiger partial charge < -0.3 is 9.47 Å². The number of hydrogen-bond acceptors (Lipinski definition) is 4. The second kappa shape index (κ2) is 7.76. The number of likely N-dealkylation sites (N-methyl/N-ethyl adjacent to an activating group) is 1. The number of Topliss-reactive ketones (excluding diaryl/α,β-unsaturated/α-hetero) is 1.